The Balaban J connectivity index is 0.00000169. The standard InChI is InChI=1S/C17H23N5O2.2ClH/c1-17(2,3)18-8-11(23)10-24-14-7-5-4-6-12(14)15-16-13(20-22-16)9-19-21-15;;/h4-7,11,18-19,23H,8-10H2,1-3H3;2*1H. The van der Waals surface area contributed by atoms with E-state index in [2.05, 4.69) is 46.8 Å². The summed E-state index contributed by atoms with van der Waals surface area (Å²) in [6, 6.07) is 7.62. The fourth-order valence-electron chi connectivity index (χ4n) is 2.37. The predicted octanol–water partition coefficient (Wildman–Crippen LogP) is 1.78. The van der Waals surface area contributed by atoms with Crippen LogP contribution in [0.25, 0.3) is 0 Å². The second-order valence-corrected chi connectivity index (χ2v) is 6.88. The van der Waals surface area contributed by atoms with E-state index in [1.807, 2.05) is 24.3 Å². The van der Waals surface area contributed by atoms with E-state index in [1.54, 1.807) is 0 Å². The number of benzene rings is 1. The van der Waals surface area contributed by atoms with Gasteiger partial charge in [-0.1, -0.05) is 12.1 Å². The van der Waals surface area contributed by atoms with Gasteiger partial charge in [0, 0.05) is 17.6 Å². The second kappa shape index (κ2) is 9.32. The third kappa shape index (κ3) is 5.41. The Hall–Kier alpha value is -1.67. The molecule has 2 aliphatic rings. The summed E-state index contributed by atoms with van der Waals surface area (Å²) in [7, 11) is 0. The molecular formula is C17H25Cl2N5O2. The molecule has 0 radical (unpaired) electrons. The highest BCUT2D eigenvalue weighted by atomic mass is 35.5. The molecule has 1 aromatic carbocycles. The van der Waals surface area contributed by atoms with Crippen molar-refractivity contribution in [1.82, 2.24) is 10.7 Å². The summed E-state index contributed by atoms with van der Waals surface area (Å²) >= 11 is 0. The second-order valence-electron chi connectivity index (χ2n) is 6.88. The van der Waals surface area contributed by atoms with Crippen molar-refractivity contribution in [3.05, 3.63) is 29.8 Å². The lowest BCUT2D eigenvalue weighted by molar-refractivity contribution is 0.1000. The zero-order chi connectivity index (χ0) is 17.2. The Morgan fingerprint density at radius 3 is 2.58 bits per heavy atom. The number of aliphatic hydroxyl groups is 1. The van der Waals surface area contributed by atoms with Crippen LogP contribution in [-0.4, -0.2) is 53.6 Å². The first-order valence-corrected chi connectivity index (χ1v) is 8.05. The van der Waals surface area contributed by atoms with Gasteiger partial charge in [-0.2, -0.15) is 10.2 Å². The molecule has 1 atom stereocenters. The van der Waals surface area contributed by atoms with E-state index in [0.29, 0.717) is 18.8 Å². The number of halogens is 2. The Morgan fingerprint density at radius 2 is 1.92 bits per heavy atom. The third-order valence-electron chi connectivity index (χ3n) is 3.65. The van der Waals surface area contributed by atoms with E-state index < -0.39 is 6.10 Å². The van der Waals surface area contributed by atoms with Crippen molar-refractivity contribution in [1.29, 1.82) is 0 Å². The maximum atomic E-state index is 10.1. The van der Waals surface area contributed by atoms with Crippen LogP contribution in [0.15, 0.2) is 39.6 Å². The highest BCUT2D eigenvalue weighted by molar-refractivity contribution is 6.74. The summed E-state index contributed by atoms with van der Waals surface area (Å²) in [6.45, 7) is 7.45. The van der Waals surface area contributed by atoms with Gasteiger partial charge in [-0.25, -0.2) is 0 Å². The summed E-state index contributed by atoms with van der Waals surface area (Å²) in [5.41, 5.74) is 6.19. The lowest BCUT2D eigenvalue weighted by atomic mass is 9.99. The molecule has 1 aromatic rings. The summed E-state index contributed by atoms with van der Waals surface area (Å²) in [4.78, 5) is 0. The smallest absolute Gasteiger partial charge is 0.139 e. The molecule has 7 nitrogen and oxygen atoms in total. The largest absolute Gasteiger partial charge is 0.490 e. The average Bonchev–Trinajstić information content (AvgIpc) is 2.51. The molecular weight excluding hydrogens is 377 g/mol. The molecule has 3 N–H and O–H groups in total. The molecule has 0 saturated carbocycles. The monoisotopic (exact) mass is 401 g/mol. The molecule has 3 rings (SSSR count). The third-order valence-corrected chi connectivity index (χ3v) is 3.65. The van der Waals surface area contributed by atoms with Crippen molar-refractivity contribution < 1.29 is 9.84 Å². The Bertz CT molecular complexity index is 713. The number of hydrogen-bond acceptors (Lipinski definition) is 7. The van der Waals surface area contributed by atoms with Crippen molar-refractivity contribution in [3.8, 4) is 5.75 Å². The average molecular weight is 402 g/mol. The molecule has 0 spiro atoms. The molecule has 0 amide bonds. The maximum Gasteiger partial charge on any atom is 0.139 e. The number of fused-ring (bicyclic) bond motifs is 1. The van der Waals surface area contributed by atoms with E-state index in [1.165, 1.54) is 0 Å². The highest BCUT2D eigenvalue weighted by Gasteiger charge is 2.28. The van der Waals surface area contributed by atoms with Crippen LogP contribution in [0.3, 0.4) is 0 Å². The van der Waals surface area contributed by atoms with Crippen LogP contribution >= 0.6 is 24.8 Å². The van der Waals surface area contributed by atoms with Crippen molar-refractivity contribution in [3.63, 3.8) is 0 Å². The highest BCUT2D eigenvalue weighted by Crippen LogP contribution is 2.22. The molecule has 9 heteroatoms. The minimum Gasteiger partial charge on any atom is -0.490 e. The van der Waals surface area contributed by atoms with Crippen LogP contribution in [0, 0.1) is 0 Å². The van der Waals surface area contributed by atoms with Gasteiger partial charge in [0.1, 0.15) is 35.6 Å². The number of β-amino-alcohol motifs (C(OH)–C–C–N with tert-alkyl or cyclic N) is 1. The van der Waals surface area contributed by atoms with Gasteiger partial charge in [0.25, 0.3) is 0 Å². The normalized spacial score (nSPS) is 16.2. The molecule has 0 bridgehead atoms. The van der Waals surface area contributed by atoms with Crippen LogP contribution in [-0.2, 0) is 0 Å². The van der Waals surface area contributed by atoms with Gasteiger partial charge >= 0.3 is 0 Å². The first-order valence-electron chi connectivity index (χ1n) is 8.05. The molecule has 0 aromatic heterocycles. The Kier molecular flexibility index (Phi) is 8.02. The Morgan fingerprint density at radius 1 is 1.19 bits per heavy atom. The van der Waals surface area contributed by atoms with Crippen LogP contribution in [0.4, 0.5) is 0 Å². The molecule has 26 heavy (non-hydrogen) atoms. The van der Waals surface area contributed by atoms with Crippen molar-refractivity contribution in [2.45, 2.75) is 32.4 Å². The molecule has 2 heterocycles. The van der Waals surface area contributed by atoms with Gasteiger partial charge in [-0.15, -0.1) is 29.9 Å². The van der Waals surface area contributed by atoms with Gasteiger partial charge in [-0.05, 0) is 32.9 Å². The maximum absolute atomic E-state index is 10.1. The molecule has 0 fully saturated rings. The molecule has 0 saturated heterocycles. The molecule has 1 unspecified atom stereocenters. The molecule has 2 aliphatic heterocycles. The summed E-state index contributed by atoms with van der Waals surface area (Å²) in [6.07, 6.45) is -0.595. The number of para-hydroxylation sites is 1. The number of hydrazone groups is 1. The van der Waals surface area contributed by atoms with E-state index in [4.69, 9.17) is 4.74 Å². The first-order chi connectivity index (χ1) is 11.4. The van der Waals surface area contributed by atoms with Crippen LogP contribution < -0.4 is 15.5 Å². The van der Waals surface area contributed by atoms with Gasteiger partial charge < -0.3 is 20.6 Å². The number of aliphatic hydroxyl groups excluding tert-OH is 1. The van der Waals surface area contributed by atoms with Gasteiger partial charge in [0.05, 0.1) is 6.54 Å². The lowest BCUT2D eigenvalue weighted by Gasteiger charge is -2.24. The lowest BCUT2D eigenvalue weighted by Crippen LogP contribution is -2.43. The number of ether oxygens (including phenoxy) is 1. The number of nitrogens with one attached hydrogen (secondary N) is 2. The van der Waals surface area contributed by atoms with Gasteiger partial charge in [-0.3, -0.25) is 0 Å². The Labute approximate surface area is 165 Å². The van der Waals surface area contributed by atoms with Crippen LogP contribution in [0.5, 0.6) is 5.75 Å². The topological polar surface area (TPSA) is 90.6 Å². The zero-order valence-corrected chi connectivity index (χ0v) is 16.7. The van der Waals surface area contributed by atoms with Gasteiger partial charge in [0.2, 0.25) is 0 Å². The number of hydrogen-bond donors (Lipinski definition) is 3. The minimum atomic E-state index is -0.595. The molecule has 0 aliphatic carbocycles. The minimum absolute atomic E-state index is 0. The first kappa shape index (κ1) is 22.4. The fourth-order valence-corrected chi connectivity index (χ4v) is 2.37. The van der Waals surface area contributed by atoms with E-state index in [0.717, 1.165) is 22.7 Å². The molecule has 144 valence electrons. The van der Waals surface area contributed by atoms with Crippen molar-refractivity contribution >= 4 is 41.9 Å². The number of rotatable bonds is 6. The fraction of sp³-hybridized carbons (Fsp3) is 0.471. The van der Waals surface area contributed by atoms with Crippen molar-refractivity contribution in [2.24, 2.45) is 15.3 Å². The van der Waals surface area contributed by atoms with E-state index in [9.17, 15) is 5.11 Å². The quantitative estimate of drug-likeness (QED) is 0.677. The van der Waals surface area contributed by atoms with Crippen molar-refractivity contribution in [2.75, 3.05) is 19.7 Å². The van der Waals surface area contributed by atoms with Crippen LogP contribution in [0.1, 0.15) is 26.3 Å². The summed E-state index contributed by atoms with van der Waals surface area (Å²) in [5.74, 6) is 0.670. The van der Waals surface area contributed by atoms with Crippen LogP contribution in [0.2, 0.25) is 0 Å². The zero-order valence-electron chi connectivity index (χ0n) is 15.0. The summed E-state index contributed by atoms with van der Waals surface area (Å²) < 4.78 is 5.83. The summed E-state index contributed by atoms with van der Waals surface area (Å²) in [5, 5.41) is 25.8. The SMILES string of the molecule is CC(C)(C)NCC(O)COc1ccccc1C1=NNCC2=NN=C21.Cl.Cl. The number of nitrogens with zero attached hydrogens (tertiary/aromatic N) is 3. The predicted molar refractivity (Wildman–Crippen MR) is 110 cm³/mol. The van der Waals surface area contributed by atoms with E-state index in [-0.39, 0.29) is 37.0 Å². The van der Waals surface area contributed by atoms with E-state index >= 15 is 0 Å². The van der Waals surface area contributed by atoms with Gasteiger partial charge in [0.15, 0.2) is 0 Å².